The first-order valence-corrected chi connectivity index (χ1v) is 9.20. The van der Waals surface area contributed by atoms with E-state index in [-0.39, 0.29) is 48.0 Å². The van der Waals surface area contributed by atoms with E-state index in [0.717, 1.165) is 11.1 Å². The highest BCUT2D eigenvalue weighted by molar-refractivity contribution is 5.94. The summed E-state index contributed by atoms with van der Waals surface area (Å²) in [6.07, 6.45) is -0.0722. The maximum absolute atomic E-state index is 12.9. The lowest BCUT2D eigenvalue weighted by atomic mass is 9.87. The molecule has 2 aliphatic heterocycles. The van der Waals surface area contributed by atoms with E-state index in [1.165, 1.54) is 0 Å². The molecule has 5 atom stereocenters. The van der Waals surface area contributed by atoms with Crippen molar-refractivity contribution in [2.45, 2.75) is 58.7 Å². The third kappa shape index (κ3) is 2.12. The molecule has 1 aromatic carbocycles. The van der Waals surface area contributed by atoms with Gasteiger partial charge in [0.1, 0.15) is 17.2 Å². The van der Waals surface area contributed by atoms with Crippen molar-refractivity contribution in [1.82, 2.24) is 4.90 Å². The first-order valence-electron chi connectivity index (χ1n) is 9.20. The Morgan fingerprint density at radius 1 is 1.04 bits per heavy atom. The second-order valence-corrected chi connectivity index (χ2v) is 8.93. The summed E-state index contributed by atoms with van der Waals surface area (Å²) in [4.78, 5) is 39.2. The largest absolute Gasteiger partial charge is 0.444 e. The SMILES string of the molecule is CC(=O)CC1(C(C)=O)[C@@H]2[C@H]1[C@H]1c3ccccc3[C@@H]2N1C(=O)OC(C)(C)C. The molecule has 1 aliphatic carbocycles. The van der Waals surface area contributed by atoms with Crippen molar-refractivity contribution in [3.8, 4) is 0 Å². The number of nitrogens with zero attached hydrogens (tertiary/aromatic N) is 1. The number of carbonyl (C=O) groups is 3. The number of ketones is 2. The fourth-order valence-corrected chi connectivity index (χ4v) is 5.49. The zero-order chi connectivity index (χ0) is 19.0. The summed E-state index contributed by atoms with van der Waals surface area (Å²) in [5.41, 5.74) is 0.984. The van der Waals surface area contributed by atoms with Gasteiger partial charge in [-0.2, -0.15) is 0 Å². The summed E-state index contributed by atoms with van der Waals surface area (Å²) >= 11 is 0. The lowest BCUT2D eigenvalue weighted by molar-refractivity contribution is -0.129. The predicted octanol–water partition coefficient (Wildman–Crippen LogP) is 3.83. The molecule has 1 aromatic rings. The van der Waals surface area contributed by atoms with Crippen LogP contribution in [0.4, 0.5) is 4.79 Å². The molecule has 4 rings (SSSR count). The summed E-state index contributed by atoms with van der Waals surface area (Å²) in [5, 5.41) is 0. The molecular weight excluding hydrogens is 330 g/mol. The fourth-order valence-electron chi connectivity index (χ4n) is 5.49. The van der Waals surface area contributed by atoms with Gasteiger partial charge >= 0.3 is 6.09 Å². The maximum Gasteiger partial charge on any atom is 0.411 e. The van der Waals surface area contributed by atoms with E-state index >= 15 is 0 Å². The van der Waals surface area contributed by atoms with Crippen LogP contribution in [-0.4, -0.2) is 28.2 Å². The van der Waals surface area contributed by atoms with Crippen molar-refractivity contribution in [2.75, 3.05) is 0 Å². The van der Waals surface area contributed by atoms with Gasteiger partial charge in [0.2, 0.25) is 0 Å². The number of fused-ring (bicyclic) bond motifs is 8. The van der Waals surface area contributed by atoms with Crippen LogP contribution in [0.1, 0.15) is 64.3 Å². The van der Waals surface area contributed by atoms with Crippen molar-refractivity contribution in [3.05, 3.63) is 35.4 Å². The minimum atomic E-state index is -0.626. The van der Waals surface area contributed by atoms with Gasteiger partial charge in [-0.1, -0.05) is 24.3 Å². The van der Waals surface area contributed by atoms with Crippen LogP contribution >= 0.6 is 0 Å². The van der Waals surface area contributed by atoms with Crippen LogP contribution in [0.2, 0.25) is 0 Å². The van der Waals surface area contributed by atoms with Crippen LogP contribution in [-0.2, 0) is 14.3 Å². The van der Waals surface area contributed by atoms with Gasteiger partial charge in [-0.25, -0.2) is 4.79 Å². The Balaban J connectivity index is 1.76. The zero-order valence-electron chi connectivity index (χ0n) is 15.9. The summed E-state index contributed by atoms with van der Waals surface area (Å²) in [7, 11) is 0. The Morgan fingerprint density at radius 2 is 1.54 bits per heavy atom. The fraction of sp³-hybridized carbons (Fsp3) is 0.571. The van der Waals surface area contributed by atoms with Gasteiger partial charge in [0.05, 0.1) is 12.1 Å². The van der Waals surface area contributed by atoms with Gasteiger partial charge in [-0.3, -0.25) is 14.5 Å². The highest BCUT2D eigenvalue weighted by atomic mass is 16.6. The van der Waals surface area contributed by atoms with E-state index in [1.807, 2.05) is 49.9 Å². The van der Waals surface area contributed by atoms with Gasteiger partial charge in [0, 0.05) is 23.7 Å². The molecule has 138 valence electrons. The van der Waals surface area contributed by atoms with Gasteiger partial charge < -0.3 is 4.74 Å². The summed E-state index contributed by atoms with van der Waals surface area (Å²) in [5.74, 6) is 0.115. The van der Waals surface area contributed by atoms with E-state index in [4.69, 9.17) is 4.74 Å². The van der Waals surface area contributed by atoms with Crippen LogP contribution < -0.4 is 0 Å². The van der Waals surface area contributed by atoms with Crippen LogP contribution in [0.15, 0.2) is 24.3 Å². The number of hydrogen-bond donors (Lipinski definition) is 0. The number of piperidine rings is 1. The number of ether oxygens (including phenoxy) is 1. The lowest BCUT2D eigenvalue weighted by Gasteiger charge is -2.33. The van der Waals surface area contributed by atoms with Crippen molar-refractivity contribution >= 4 is 17.7 Å². The van der Waals surface area contributed by atoms with Gasteiger partial charge in [-0.05, 0) is 45.7 Å². The molecule has 0 spiro atoms. The van der Waals surface area contributed by atoms with E-state index in [9.17, 15) is 14.4 Å². The highest BCUT2D eigenvalue weighted by Crippen LogP contribution is 2.81. The first-order chi connectivity index (χ1) is 12.1. The Kier molecular flexibility index (Phi) is 3.44. The molecule has 5 heteroatoms. The lowest BCUT2D eigenvalue weighted by Crippen LogP contribution is -2.39. The number of rotatable bonds is 3. The van der Waals surface area contributed by atoms with Gasteiger partial charge in [0.15, 0.2) is 0 Å². The molecule has 1 saturated heterocycles. The summed E-state index contributed by atoms with van der Waals surface area (Å²) < 4.78 is 5.65. The minimum Gasteiger partial charge on any atom is -0.444 e. The maximum atomic E-state index is 12.9. The predicted molar refractivity (Wildman–Crippen MR) is 95.4 cm³/mol. The topological polar surface area (TPSA) is 63.7 Å². The molecule has 0 radical (unpaired) electrons. The third-order valence-electron chi connectivity index (χ3n) is 6.18. The van der Waals surface area contributed by atoms with Gasteiger partial charge in [-0.15, -0.1) is 0 Å². The molecule has 1 saturated carbocycles. The van der Waals surface area contributed by atoms with Crippen LogP contribution in [0.3, 0.4) is 0 Å². The van der Waals surface area contributed by atoms with Crippen molar-refractivity contribution in [3.63, 3.8) is 0 Å². The van der Waals surface area contributed by atoms with Crippen molar-refractivity contribution in [1.29, 1.82) is 0 Å². The molecule has 2 bridgehead atoms. The molecule has 3 aliphatic rings. The molecule has 5 nitrogen and oxygen atoms in total. The van der Waals surface area contributed by atoms with E-state index in [0.29, 0.717) is 0 Å². The second-order valence-electron chi connectivity index (χ2n) is 8.93. The molecule has 26 heavy (non-hydrogen) atoms. The smallest absolute Gasteiger partial charge is 0.411 e. The molecule has 0 N–H and O–H groups in total. The quantitative estimate of drug-likeness (QED) is 0.826. The van der Waals surface area contributed by atoms with E-state index in [2.05, 4.69) is 0 Å². The van der Waals surface area contributed by atoms with Crippen LogP contribution in [0.25, 0.3) is 0 Å². The standard InChI is InChI=1S/C21H25NO4/c1-11(23)10-21(12(2)24)15-16(21)18-14-9-7-6-8-13(14)17(15)22(18)19(25)26-20(3,4)5/h6-9,15-18H,10H2,1-5H3/t15-,16+,17+,18-,21?. The average Bonchev–Trinajstić information content (AvgIpc) is 2.89. The molecule has 0 aromatic heterocycles. The monoisotopic (exact) mass is 355 g/mol. The third-order valence-corrected chi connectivity index (χ3v) is 6.18. The minimum absolute atomic E-state index is 0.0105. The summed E-state index contributed by atoms with van der Waals surface area (Å²) in [6, 6.07) is 7.63. The number of amides is 1. The molecule has 1 amide bonds. The normalized spacial score (nSPS) is 33.5. The number of hydrogen-bond acceptors (Lipinski definition) is 4. The van der Waals surface area contributed by atoms with E-state index < -0.39 is 11.0 Å². The van der Waals surface area contributed by atoms with E-state index in [1.54, 1.807) is 13.8 Å². The number of Topliss-reactive ketones (excluding diaryl/α,β-unsaturated/α-hetero) is 2. The number of benzene rings is 1. The summed E-state index contributed by atoms with van der Waals surface area (Å²) in [6.45, 7) is 8.69. The second kappa shape index (κ2) is 5.18. The Bertz CT molecular complexity index is 785. The molecule has 2 heterocycles. The zero-order valence-corrected chi connectivity index (χ0v) is 15.9. The van der Waals surface area contributed by atoms with Gasteiger partial charge in [0.25, 0.3) is 0 Å². The Morgan fingerprint density at radius 3 is 1.92 bits per heavy atom. The Labute approximate surface area is 153 Å². The van der Waals surface area contributed by atoms with Crippen LogP contribution in [0.5, 0.6) is 0 Å². The van der Waals surface area contributed by atoms with Crippen molar-refractivity contribution < 1.29 is 19.1 Å². The van der Waals surface area contributed by atoms with Crippen LogP contribution in [0, 0.1) is 17.3 Å². The molecule has 2 fully saturated rings. The Hall–Kier alpha value is -2.17. The molecular formula is C21H25NO4. The first kappa shape index (κ1) is 17.3. The molecule has 1 unspecified atom stereocenters. The highest BCUT2D eigenvalue weighted by Gasteiger charge is 2.81. The van der Waals surface area contributed by atoms with Crippen molar-refractivity contribution in [2.24, 2.45) is 17.3 Å². The number of carbonyl (C=O) groups excluding carboxylic acids is 3. The average molecular weight is 355 g/mol.